The number of carbonyl (C=O) groups excluding carboxylic acids is 2. The molecule has 3 rings (SSSR count). The van der Waals surface area contributed by atoms with E-state index in [1.54, 1.807) is 18.3 Å². The minimum absolute atomic E-state index is 0.102. The maximum atomic E-state index is 12.7. The van der Waals surface area contributed by atoms with Crippen molar-refractivity contribution < 1.29 is 22.8 Å². The molecule has 0 unspecified atom stereocenters. The summed E-state index contributed by atoms with van der Waals surface area (Å²) in [6.45, 7) is 0. The number of carbonyl (C=O) groups is 2. The van der Waals surface area contributed by atoms with Crippen molar-refractivity contribution >= 4 is 23.3 Å². The molecule has 10 heteroatoms. The summed E-state index contributed by atoms with van der Waals surface area (Å²) in [5.74, 6) is -1.57. The predicted octanol–water partition coefficient (Wildman–Crippen LogP) is 2.82. The summed E-state index contributed by atoms with van der Waals surface area (Å²) in [7, 11) is 0. The molecular weight excluding hydrogens is 375 g/mol. The highest BCUT2D eigenvalue weighted by atomic mass is 19.4. The third-order valence-corrected chi connectivity index (χ3v) is 3.89. The summed E-state index contributed by atoms with van der Waals surface area (Å²) in [5.41, 5.74) is 11.1. The maximum Gasteiger partial charge on any atom is 0.416 e. The van der Waals surface area contributed by atoms with Gasteiger partial charge in [-0.1, -0.05) is 0 Å². The van der Waals surface area contributed by atoms with Gasteiger partial charge in [-0.2, -0.15) is 13.2 Å². The lowest BCUT2D eigenvalue weighted by Gasteiger charge is -2.10. The number of hydrogen-bond donors (Lipinski definition) is 3. The van der Waals surface area contributed by atoms with Gasteiger partial charge in [-0.25, -0.2) is 4.98 Å². The second kappa shape index (κ2) is 7.06. The van der Waals surface area contributed by atoms with Gasteiger partial charge < -0.3 is 21.4 Å². The van der Waals surface area contributed by atoms with Crippen molar-refractivity contribution in [3.8, 4) is 5.69 Å². The third kappa shape index (κ3) is 3.80. The van der Waals surface area contributed by atoms with Gasteiger partial charge in [-0.3, -0.25) is 9.59 Å². The smallest absolute Gasteiger partial charge is 0.397 e. The number of halogens is 3. The molecule has 0 bridgehead atoms. The first-order chi connectivity index (χ1) is 13.2. The van der Waals surface area contributed by atoms with Crippen molar-refractivity contribution in [2.45, 2.75) is 6.18 Å². The summed E-state index contributed by atoms with van der Waals surface area (Å²) in [5, 5.41) is 2.31. The molecule has 7 nitrogen and oxygen atoms in total. The second-order valence-electron chi connectivity index (χ2n) is 5.78. The first kappa shape index (κ1) is 19.0. The molecule has 1 aromatic carbocycles. The highest BCUT2D eigenvalue weighted by Crippen LogP contribution is 2.30. The van der Waals surface area contributed by atoms with E-state index in [0.29, 0.717) is 5.69 Å². The summed E-state index contributed by atoms with van der Waals surface area (Å²) in [6.07, 6.45) is -2.03. The predicted molar refractivity (Wildman–Crippen MR) is 95.9 cm³/mol. The zero-order valence-electron chi connectivity index (χ0n) is 14.2. The number of nitrogens with zero attached hydrogens (tertiary/aromatic N) is 2. The van der Waals surface area contributed by atoms with E-state index in [0.717, 1.165) is 18.3 Å². The highest BCUT2D eigenvalue weighted by Gasteiger charge is 2.30. The Kier molecular flexibility index (Phi) is 4.78. The van der Waals surface area contributed by atoms with Crippen LogP contribution in [0.1, 0.15) is 26.4 Å². The van der Waals surface area contributed by atoms with Crippen LogP contribution in [0.3, 0.4) is 0 Å². The van der Waals surface area contributed by atoms with Gasteiger partial charge in [0.2, 0.25) is 0 Å². The van der Waals surface area contributed by atoms with Crippen LogP contribution in [0.15, 0.2) is 54.9 Å². The van der Waals surface area contributed by atoms with Crippen LogP contribution >= 0.6 is 0 Å². The monoisotopic (exact) mass is 389 g/mol. The van der Waals surface area contributed by atoms with Gasteiger partial charge >= 0.3 is 6.18 Å². The molecule has 0 atom stereocenters. The van der Waals surface area contributed by atoms with Gasteiger partial charge in [-0.05, 0) is 42.5 Å². The van der Waals surface area contributed by atoms with Crippen molar-refractivity contribution in [2.75, 3.05) is 11.1 Å². The van der Waals surface area contributed by atoms with Crippen LogP contribution in [-0.4, -0.2) is 21.4 Å². The number of anilines is 2. The summed E-state index contributed by atoms with van der Waals surface area (Å²) < 4.78 is 39.7. The molecule has 0 aliphatic carbocycles. The number of amides is 2. The Morgan fingerprint density at radius 2 is 1.75 bits per heavy atom. The van der Waals surface area contributed by atoms with Crippen LogP contribution in [0.4, 0.5) is 24.7 Å². The van der Waals surface area contributed by atoms with Crippen molar-refractivity contribution in [1.29, 1.82) is 0 Å². The molecule has 0 spiro atoms. The van der Waals surface area contributed by atoms with Crippen molar-refractivity contribution in [1.82, 2.24) is 9.55 Å². The summed E-state index contributed by atoms with van der Waals surface area (Å²) >= 11 is 0. The van der Waals surface area contributed by atoms with Crippen LogP contribution in [0, 0.1) is 0 Å². The number of benzene rings is 1. The highest BCUT2D eigenvalue weighted by molar-refractivity contribution is 6.04. The van der Waals surface area contributed by atoms with Gasteiger partial charge in [0.25, 0.3) is 11.8 Å². The molecule has 2 amide bonds. The molecule has 2 heterocycles. The average Bonchev–Trinajstić information content (AvgIpc) is 3.03. The minimum atomic E-state index is -4.54. The standard InChI is InChI=1S/C18H14F3N5O2/c19-18(20,21)11-5-7-24-14(9-11)25-17(28)10-1-3-12(4-2-10)26-8-6-13(22)15(26)16(23)27/h1-9H,22H2,(H2,23,27)(H,24,25,28). The largest absolute Gasteiger partial charge is 0.416 e. The number of aromatic nitrogens is 2. The molecule has 3 aromatic rings. The Bertz CT molecular complexity index is 1040. The molecule has 5 N–H and O–H groups in total. The SMILES string of the molecule is NC(=O)c1c(N)ccn1-c1ccc(C(=O)Nc2cc(C(F)(F)F)ccn2)cc1. The molecule has 0 saturated heterocycles. The number of nitrogen functional groups attached to an aromatic ring is 1. The Balaban J connectivity index is 1.81. The van der Waals surface area contributed by atoms with Gasteiger partial charge in [-0.15, -0.1) is 0 Å². The number of primary amides is 1. The zero-order valence-corrected chi connectivity index (χ0v) is 14.2. The summed E-state index contributed by atoms with van der Waals surface area (Å²) in [6, 6.07) is 9.04. The van der Waals surface area contributed by atoms with E-state index in [1.807, 2.05) is 0 Å². The minimum Gasteiger partial charge on any atom is -0.397 e. The Labute approximate surface area is 156 Å². The molecule has 0 saturated carbocycles. The van der Waals surface area contributed by atoms with Crippen LogP contribution < -0.4 is 16.8 Å². The normalized spacial score (nSPS) is 11.2. The number of alkyl halides is 3. The fourth-order valence-corrected chi connectivity index (χ4v) is 2.56. The van der Waals surface area contributed by atoms with Gasteiger partial charge in [0.1, 0.15) is 11.5 Å². The Hall–Kier alpha value is -3.82. The molecule has 0 aliphatic rings. The van der Waals surface area contributed by atoms with Gasteiger partial charge in [0.15, 0.2) is 0 Å². The van der Waals surface area contributed by atoms with Crippen molar-refractivity contribution in [3.63, 3.8) is 0 Å². The van der Waals surface area contributed by atoms with E-state index in [2.05, 4.69) is 10.3 Å². The van der Waals surface area contributed by atoms with Crippen LogP contribution in [0.25, 0.3) is 5.69 Å². The number of nitrogens with one attached hydrogen (secondary N) is 1. The van der Waals surface area contributed by atoms with Crippen LogP contribution in [-0.2, 0) is 6.18 Å². The zero-order chi connectivity index (χ0) is 20.5. The van der Waals surface area contributed by atoms with E-state index >= 15 is 0 Å². The van der Waals surface area contributed by atoms with Crippen LogP contribution in [0.2, 0.25) is 0 Å². The van der Waals surface area contributed by atoms with E-state index in [9.17, 15) is 22.8 Å². The molecule has 0 radical (unpaired) electrons. The topological polar surface area (TPSA) is 116 Å². The fourth-order valence-electron chi connectivity index (χ4n) is 2.56. The van der Waals surface area contributed by atoms with E-state index < -0.39 is 23.6 Å². The van der Waals surface area contributed by atoms with Crippen molar-refractivity contribution in [3.05, 3.63) is 71.7 Å². The lowest BCUT2D eigenvalue weighted by Crippen LogP contribution is -2.17. The lowest BCUT2D eigenvalue weighted by molar-refractivity contribution is -0.137. The molecule has 0 aliphatic heterocycles. The molecule has 144 valence electrons. The molecule has 0 fully saturated rings. The molecular formula is C18H14F3N5O2. The molecule has 28 heavy (non-hydrogen) atoms. The van der Waals surface area contributed by atoms with Gasteiger partial charge in [0, 0.05) is 23.6 Å². The Morgan fingerprint density at radius 1 is 1.07 bits per heavy atom. The third-order valence-electron chi connectivity index (χ3n) is 3.89. The number of rotatable bonds is 4. The lowest BCUT2D eigenvalue weighted by atomic mass is 10.2. The quantitative estimate of drug-likeness (QED) is 0.636. The maximum absolute atomic E-state index is 12.7. The average molecular weight is 389 g/mol. The Morgan fingerprint density at radius 3 is 2.36 bits per heavy atom. The fraction of sp³-hybridized carbons (Fsp3) is 0.0556. The molecule has 2 aromatic heterocycles. The van der Waals surface area contributed by atoms with Crippen molar-refractivity contribution in [2.24, 2.45) is 5.73 Å². The van der Waals surface area contributed by atoms with Gasteiger partial charge in [0.05, 0.1) is 11.3 Å². The van der Waals surface area contributed by atoms with E-state index in [1.165, 1.54) is 22.8 Å². The van der Waals surface area contributed by atoms with E-state index in [4.69, 9.17) is 11.5 Å². The number of nitrogens with two attached hydrogens (primary N) is 2. The first-order valence-electron chi connectivity index (χ1n) is 7.88. The second-order valence-corrected chi connectivity index (χ2v) is 5.78. The van der Waals surface area contributed by atoms with E-state index in [-0.39, 0.29) is 22.8 Å². The number of pyridine rings is 1. The summed E-state index contributed by atoms with van der Waals surface area (Å²) in [4.78, 5) is 27.5. The first-order valence-corrected chi connectivity index (χ1v) is 7.88. The van der Waals surface area contributed by atoms with Crippen LogP contribution in [0.5, 0.6) is 0 Å². The number of hydrogen-bond acceptors (Lipinski definition) is 4.